The number of H-pyrrole nitrogens is 1. The maximum atomic E-state index is 12.2. The van der Waals surface area contributed by atoms with E-state index in [0.29, 0.717) is 23.5 Å². The molecule has 20 heavy (non-hydrogen) atoms. The normalized spacial score (nSPS) is 15.2. The van der Waals surface area contributed by atoms with Crippen molar-refractivity contribution < 1.29 is 0 Å². The molecule has 1 N–H and O–H groups in total. The molecule has 0 unspecified atom stereocenters. The number of nitrogens with zero attached hydrogens (tertiary/aromatic N) is 4. The van der Waals surface area contributed by atoms with Gasteiger partial charge in [0.05, 0.1) is 0 Å². The van der Waals surface area contributed by atoms with Crippen molar-refractivity contribution in [2.45, 2.75) is 32.7 Å². The first-order chi connectivity index (χ1) is 9.70. The number of nitrogens with one attached hydrogen (secondary N) is 1. The van der Waals surface area contributed by atoms with Gasteiger partial charge in [-0.3, -0.25) is 14.3 Å². The molecular formula is C13H17N5O2. The van der Waals surface area contributed by atoms with Crippen LogP contribution in [0.5, 0.6) is 0 Å². The summed E-state index contributed by atoms with van der Waals surface area (Å²) in [7, 11) is 0. The van der Waals surface area contributed by atoms with Gasteiger partial charge in [-0.05, 0) is 19.3 Å². The van der Waals surface area contributed by atoms with E-state index < -0.39 is 5.69 Å². The monoisotopic (exact) mass is 275 g/mol. The van der Waals surface area contributed by atoms with Gasteiger partial charge in [0.2, 0.25) is 5.95 Å². The molecule has 0 saturated carbocycles. The van der Waals surface area contributed by atoms with E-state index in [0.717, 1.165) is 32.4 Å². The molecular weight excluding hydrogens is 258 g/mol. The van der Waals surface area contributed by atoms with Crippen molar-refractivity contribution in [3.63, 3.8) is 0 Å². The van der Waals surface area contributed by atoms with Crippen LogP contribution in [-0.2, 0) is 6.54 Å². The van der Waals surface area contributed by atoms with Gasteiger partial charge in [0, 0.05) is 25.8 Å². The summed E-state index contributed by atoms with van der Waals surface area (Å²) in [6.45, 7) is 4.16. The zero-order chi connectivity index (χ0) is 14.1. The summed E-state index contributed by atoms with van der Waals surface area (Å²) in [5, 5.41) is 0.362. The maximum Gasteiger partial charge on any atom is 0.329 e. The molecule has 7 nitrogen and oxygen atoms in total. The van der Waals surface area contributed by atoms with Gasteiger partial charge in [-0.1, -0.05) is 6.92 Å². The van der Waals surface area contributed by atoms with E-state index in [4.69, 9.17) is 0 Å². The highest BCUT2D eigenvalue weighted by Gasteiger charge is 2.16. The van der Waals surface area contributed by atoms with Crippen molar-refractivity contribution in [3.8, 4) is 0 Å². The predicted molar refractivity (Wildman–Crippen MR) is 76.2 cm³/mol. The second-order valence-corrected chi connectivity index (χ2v) is 5.01. The van der Waals surface area contributed by atoms with Gasteiger partial charge in [-0.15, -0.1) is 0 Å². The third kappa shape index (κ3) is 2.09. The number of aromatic amines is 1. The van der Waals surface area contributed by atoms with E-state index in [2.05, 4.69) is 19.9 Å². The van der Waals surface area contributed by atoms with Crippen LogP contribution < -0.4 is 16.1 Å². The lowest BCUT2D eigenvalue weighted by atomic mass is 10.4. The van der Waals surface area contributed by atoms with E-state index in [1.807, 2.05) is 6.92 Å². The molecule has 3 rings (SSSR count). The predicted octanol–water partition coefficient (Wildman–Crippen LogP) is 0.490. The fourth-order valence-corrected chi connectivity index (χ4v) is 2.53. The Morgan fingerprint density at radius 1 is 1.30 bits per heavy atom. The van der Waals surface area contributed by atoms with E-state index in [9.17, 15) is 9.59 Å². The molecule has 1 aliphatic rings. The highest BCUT2D eigenvalue weighted by atomic mass is 16.2. The molecule has 2 aromatic heterocycles. The Hall–Kier alpha value is -2.18. The standard InChI is InChI=1S/C13H17N5O2/c1-2-5-18-11(19)9-8-14-12(17-6-3-4-7-17)15-10(9)16-13(18)20/h8H,2-7H2,1H3,(H,14,15,16,20). The van der Waals surface area contributed by atoms with Crippen LogP contribution in [0.3, 0.4) is 0 Å². The second kappa shape index (κ2) is 5.07. The molecule has 2 aromatic rings. The minimum absolute atomic E-state index is 0.321. The smallest absolute Gasteiger partial charge is 0.329 e. The summed E-state index contributed by atoms with van der Waals surface area (Å²) in [5.74, 6) is 0.582. The molecule has 0 bridgehead atoms. The Labute approximate surface area is 115 Å². The number of hydrogen-bond donors (Lipinski definition) is 1. The summed E-state index contributed by atoms with van der Waals surface area (Å²) >= 11 is 0. The molecule has 0 radical (unpaired) electrons. The van der Waals surface area contributed by atoms with Crippen molar-refractivity contribution in [2.24, 2.45) is 0 Å². The molecule has 1 aliphatic heterocycles. The SMILES string of the molecule is CCCn1c(=O)[nH]c2nc(N3CCCC3)ncc2c1=O. The topological polar surface area (TPSA) is 83.9 Å². The fraction of sp³-hybridized carbons (Fsp3) is 0.538. The number of hydrogen-bond acceptors (Lipinski definition) is 5. The molecule has 0 atom stereocenters. The molecule has 0 aromatic carbocycles. The Bertz CT molecular complexity index is 742. The molecule has 7 heteroatoms. The third-order valence-corrected chi connectivity index (χ3v) is 3.56. The lowest BCUT2D eigenvalue weighted by Gasteiger charge is -2.14. The molecule has 1 saturated heterocycles. The van der Waals surface area contributed by atoms with Crippen LogP contribution in [0, 0.1) is 0 Å². The first-order valence-electron chi connectivity index (χ1n) is 6.95. The van der Waals surface area contributed by atoms with Crippen molar-refractivity contribution in [1.82, 2.24) is 19.5 Å². The van der Waals surface area contributed by atoms with Crippen LogP contribution in [-0.4, -0.2) is 32.6 Å². The van der Waals surface area contributed by atoms with Crippen LogP contribution in [0.1, 0.15) is 26.2 Å². The highest BCUT2D eigenvalue weighted by Crippen LogP contribution is 2.16. The number of aromatic nitrogens is 4. The van der Waals surface area contributed by atoms with Gasteiger partial charge in [-0.2, -0.15) is 4.98 Å². The summed E-state index contributed by atoms with van der Waals surface area (Å²) in [4.78, 5) is 37.5. The number of anilines is 1. The third-order valence-electron chi connectivity index (χ3n) is 3.56. The van der Waals surface area contributed by atoms with Gasteiger partial charge in [0.25, 0.3) is 5.56 Å². The fourth-order valence-electron chi connectivity index (χ4n) is 2.53. The van der Waals surface area contributed by atoms with Gasteiger partial charge in [0.15, 0.2) is 5.65 Å². The summed E-state index contributed by atoms with van der Waals surface area (Å²) in [6, 6.07) is 0. The molecule has 0 amide bonds. The highest BCUT2D eigenvalue weighted by molar-refractivity contribution is 5.73. The van der Waals surface area contributed by atoms with E-state index in [1.165, 1.54) is 10.8 Å². The minimum atomic E-state index is -0.407. The maximum absolute atomic E-state index is 12.2. The van der Waals surface area contributed by atoms with Crippen LogP contribution in [0.15, 0.2) is 15.8 Å². The molecule has 3 heterocycles. The summed E-state index contributed by atoms with van der Waals surface area (Å²) < 4.78 is 1.20. The van der Waals surface area contributed by atoms with Crippen molar-refractivity contribution in [3.05, 3.63) is 27.0 Å². The van der Waals surface area contributed by atoms with Gasteiger partial charge >= 0.3 is 5.69 Å². The Kier molecular flexibility index (Phi) is 3.25. The van der Waals surface area contributed by atoms with Crippen LogP contribution in [0.2, 0.25) is 0 Å². The second-order valence-electron chi connectivity index (χ2n) is 5.01. The van der Waals surface area contributed by atoms with Crippen LogP contribution >= 0.6 is 0 Å². The average Bonchev–Trinajstić information content (AvgIpc) is 2.97. The number of rotatable bonds is 3. The minimum Gasteiger partial charge on any atom is -0.341 e. The van der Waals surface area contributed by atoms with Crippen LogP contribution in [0.4, 0.5) is 5.95 Å². The number of fused-ring (bicyclic) bond motifs is 1. The van der Waals surface area contributed by atoms with Crippen molar-refractivity contribution in [1.29, 1.82) is 0 Å². The largest absolute Gasteiger partial charge is 0.341 e. The average molecular weight is 275 g/mol. The Morgan fingerprint density at radius 3 is 2.75 bits per heavy atom. The summed E-state index contributed by atoms with van der Waals surface area (Å²) in [5.41, 5.74) is -0.404. The quantitative estimate of drug-likeness (QED) is 0.881. The lowest BCUT2D eigenvalue weighted by molar-refractivity contribution is 0.622. The molecule has 106 valence electrons. The zero-order valence-corrected chi connectivity index (χ0v) is 11.4. The van der Waals surface area contributed by atoms with E-state index in [-0.39, 0.29) is 5.56 Å². The van der Waals surface area contributed by atoms with Gasteiger partial charge in [-0.25, -0.2) is 9.78 Å². The Morgan fingerprint density at radius 2 is 2.05 bits per heavy atom. The van der Waals surface area contributed by atoms with E-state index in [1.54, 1.807) is 0 Å². The molecule has 0 aliphatic carbocycles. The molecule has 0 spiro atoms. The van der Waals surface area contributed by atoms with E-state index >= 15 is 0 Å². The van der Waals surface area contributed by atoms with Crippen LogP contribution in [0.25, 0.3) is 11.0 Å². The van der Waals surface area contributed by atoms with Crippen molar-refractivity contribution >= 4 is 17.0 Å². The van der Waals surface area contributed by atoms with Crippen molar-refractivity contribution in [2.75, 3.05) is 18.0 Å². The summed E-state index contributed by atoms with van der Waals surface area (Å²) in [6.07, 6.45) is 4.48. The Balaban J connectivity index is 2.14. The zero-order valence-electron chi connectivity index (χ0n) is 11.4. The van der Waals surface area contributed by atoms with Gasteiger partial charge < -0.3 is 4.90 Å². The first-order valence-corrected chi connectivity index (χ1v) is 6.95. The van der Waals surface area contributed by atoms with Gasteiger partial charge in [0.1, 0.15) is 5.39 Å². The lowest BCUT2D eigenvalue weighted by Crippen LogP contribution is -2.35. The molecule has 1 fully saturated rings. The first kappa shape index (κ1) is 12.8.